The molecule has 0 aliphatic carbocycles. The van der Waals surface area contributed by atoms with Crippen molar-refractivity contribution in [3.8, 4) is 11.6 Å². The molecule has 9 nitrogen and oxygen atoms in total. The Morgan fingerprint density at radius 1 is 1.07 bits per heavy atom. The van der Waals surface area contributed by atoms with Gasteiger partial charge >= 0.3 is 0 Å². The van der Waals surface area contributed by atoms with Crippen molar-refractivity contribution >= 4 is 15.8 Å². The standard InChI is InChI=1S/C17H20N6O3S/c1-2-26-14-4-6-15(7-5-14)27(24,25)20-12-11-18-16-8-9-17(22-21-16)23-13-3-10-19-23/h3-10,13,20H,2,11-12H2,1H3,(H,18,21). The van der Waals surface area contributed by atoms with Crippen molar-refractivity contribution in [3.63, 3.8) is 0 Å². The molecule has 142 valence electrons. The van der Waals surface area contributed by atoms with Crippen LogP contribution in [0.1, 0.15) is 6.92 Å². The van der Waals surface area contributed by atoms with Gasteiger partial charge < -0.3 is 10.1 Å². The molecule has 3 rings (SSSR count). The molecule has 2 heterocycles. The van der Waals surface area contributed by atoms with Gasteiger partial charge in [0.25, 0.3) is 0 Å². The van der Waals surface area contributed by atoms with E-state index in [1.807, 2.05) is 6.92 Å². The summed E-state index contributed by atoms with van der Waals surface area (Å²) >= 11 is 0. The Kier molecular flexibility index (Phi) is 5.99. The van der Waals surface area contributed by atoms with E-state index in [0.717, 1.165) is 0 Å². The molecule has 0 atom stereocenters. The normalized spacial score (nSPS) is 11.3. The molecule has 0 unspecified atom stereocenters. The molecule has 0 saturated carbocycles. The summed E-state index contributed by atoms with van der Waals surface area (Å²) in [4.78, 5) is 0.189. The highest BCUT2D eigenvalue weighted by Crippen LogP contribution is 2.15. The number of nitrogens with one attached hydrogen (secondary N) is 2. The van der Waals surface area contributed by atoms with Crippen molar-refractivity contribution < 1.29 is 13.2 Å². The van der Waals surface area contributed by atoms with Crippen LogP contribution >= 0.6 is 0 Å². The Balaban J connectivity index is 1.49. The zero-order valence-corrected chi connectivity index (χ0v) is 15.6. The molecular weight excluding hydrogens is 368 g/mol. The molecule has 0 amide bonds. The fourth-order valence-corrected chi connectivity index (χ4v) is 3.32. The minimum absolute atomic E-state index is 0.189. The number of hydrogen-bond acceptors (Lipinski definition) is 7. The number of sulfonamides is 1. The number of benzene rings is 1. The Hall–Kier alpha value is -2.98. The molecule has 27 heavy (non-hydrogen) atoms. The maximum atomic E-state index is 12.3. The van der Waals surface area contributed by atoms with E-state index in [9.17, 15) is 8.42 Å². The van der Waals surface area contributed by atoms with Crippen molar-refractivity contribution in [3.05, 3.63) is 54.9 Å². The molecule has 0 aliphatic heterocycles. The van der Waals surface area contributed by atoms with Gasteiger partial charge in [-0.25, -0.2) is 17.8 Å². The first kappa shape index (κ1) is 18.8. The lowest BCUT2D eigenvalue weighted by Crippen LogP contribution is -2.29. The van der Waals surface area contributed by atoms with Crippen LogP contribution in [0.2, 0.25) is 0 Å². The van der Waals surface area contributed by atoms with Crippen molar-refractivity contribution in [2.45, 2.75) is 11.8 Å². The lowest BCUT2D eigenvalue weighted by atomic mass is 10.3. The van der Waals surface area contributed by atoms with Crippen LogP contribution in [-0.2, 0) is 10.0 Å². The summed E-state index contributed by atoms with van der Waals surface area (Å²) in [5.41, 5.74) is 0. The monoisotopic (exact) mass is 388 g/mol. The molecule has 0 radical (unpaired) electrons. The Morgan fingerprint density at radius 3 is 2.52 bits per heavy atom. The third kappa shape index (κ3) is 5.02. The zero-order chi connectivity index (χ0) is 19.1. The molecule has 2 aromatic heterocycles. The van der Waals surface area contributed by atoms with Crippen LogP contribution in [0.15, 0.2) is 59.8 Å². The van der Waals surface area contributed by atoms with Gasteiger partial charge in [-0.05, 0) is 49.4 Å². The molecule has 1 aromatic carbocycles. The molecular formula is C17H20N6O3S. The van der Waals surface area contributed by atoms with Crippen LogP contribution in [0.5, 0.6) is 5.75 Å². The number of nitrogens with zero attached hydrogens (tertiary/aromatic N) is 4. The second kappa shape index (κ2) is 8.60. The summed E-state index contributed by atoms with van der Waals surface area (Å²) < 4.78 is 34.0. The Bertz CT molecular complexity index is 941. The smallest absolute Gasteiger partial charge is 0.240 e. The number of aromatic nitrogens is 4. The minimum atomic E-state index is -3.58. The second-order valence-corrected chi connectivity index (χ2v) is 7.22. The summed E-state index contributed by atoms with van der Waals surface area (Å²) in [7, 11) is -3.58. The van der Waals surface area contributed by atoms with Crippen molar-refractivity contribution in [1.82, 2.24) is 24.7 Å². The molecule has 0 aliphatic rings. The van der Waals surface area contributed by atoms with E-state index in [1.54, 1.807) is 47.4 Å². The second-order valence-electron chi connectivity index (χ2n) is 5.46. The third-order valence-corrected chi connectivity index (χ3v) is 5.03. The van der Waals surface area contributed by atoms with E-state index in [-0.39, 0.29) is 11.4 Å². The van der Waals surface area contributed by atoms with Gasteiger partial charge in [-0.15, -0.1) is 10.2 Å². The van der Waals surface area contributed by atoms with E-state index in [2.05, 4.69) is 25.3 Å². The van der Waals surface area contributed by atoms with Crippen LogP contribution in [-0.4, -0.2) is 48.1 Å². The fourth-order valence-electron chi connectivity index (χ4n) is 2.29. The Morgan fingerprint density at radius 2 is 1.89 bits per heavy atom. The van der Waals surface area contributed by atoms with Crippen LogP contribution < -0.4 is 14.8 Å². The van der Waals surface area contributed by atoms with Gasteiger partial charge in [-0.1, -0.05) is 0 Å². The van der Waals surface area contributed by atoms with E-state index in [0.29, 0.717) is 30.5 Å². The highest BCUT2D eigenvalue weighted by atomic mass is 32.2. The maximum absolute atomic E-state index is 12.3. The van der Waals surface area contributed by atoms with Crippen LogP contribution in [0, 0.1) is 0 Å². The van der Waals surface area contributed by atoms with E-state index < -0.39 is 10.0 Å². The number of rotatable bonds is 9. The van der Waals surface area contributed by atoms with Crippen molar-refractivity contribution in [2.24, 2.45) is 0 Å². The number of ether oxygens (including phenoxy) is 1. The van der Waals surface area contributed by atoms with Gasteiger partial charge in [0, 0.05) is 25.5 Å². The van der Waals surface area contributed by atoms with Crippen molar-refractivity contribution in [1.29, 1.82) is 0 Å². The maximum Gasteiger partial charge on any atom is 0.240 e. The predicted octanol–water partition coefficient (Wildman–Crippen LogP) is 1.45. The molecule has 2 N–H and O–H groups in total. The fraction of sp³-hybridized carbons (Fsp3) is 0.235. The minimum Gasteiger partial charge on any atom is -0.494 e. The van der Waals surface area contributed by atoms with Gasteiger partial charge in [0.15, 0.2) is 5.82 Å². The highest BCUT2D eigenvalue weighted by Gasteiger charge is 2.13. The zero-order valence-electron chi connectivity index (χ0n) is 14.7. The van der Waals surface area contributed by atoms with E-state index in [1.165, 1.54) is 12.1 Å². The number of anilines is 1. The van der Waals surface area contributed by atoms with Gasteiger partial charge in [0.05, 0.1) is 11.5 Å². The molecule has 10 heteroatoms. The first-order valence-electron chi connectivity index (χ1n) is 8.38. The first-order valence-corrected chi connectivity index (χ1v) is 9.87. The summed E-state index contributed by atoms with van der Waals surface area (Å²) in [6, 6.07) is 11.6. The topological polar surface area (TPSA) is 111 Å². The largest absolute Gasteiger partial charge is 0.494 e. The summed E-state index contributed by atoms with van der Waals surface area (Å²) in [5.74, 6) is 1.78. The quantitative estimate of drug-likeness (QED) is 0.534. The van der Waals surface area contributed by atoms with E-state index >= 15 is 0 Å². The van der Waals surface area contributed by atoms with E-state index in [4.69, 9.17) is 4.74 Å². The van der Waals surface area contributed by atoms with Gasteiger partial charge in [-0.2, -0.15) is 5.10 Å². The average Bonchev–Trinajstić information content (AvgIpc) is 3.21. The lowest BCUT2D eigenvalue weighted by Gasteiger charge is -2.09. The van der Waals surface area contributed by atoms with Crippen LogP contribution in [0.4, 0.5) is 5.82 Å². The van der Waals surface area contributed by atoms with Crippen LogP contribution in [0.25, 0.3) is 5.82 Å². The molecule has 0 spiro atoms. The molecule has 0 bridgehead atoms. The lowest BCUT2D eigenvalue weighted by molar-refractivity contribution is 0.340. The van der Waals surface area contributed by atoms with Gasteiger partial charge in [0.2, 0.25) is 10.0 Å². The number of hydrogen-bond donors (Lipinski definition) is 2. The Labute approximate surface area is 157 Å². The first-order chi connectivity index (χ1) is 13.1. The summed E-state index contributed by atoms with van der Waals surface area (Å²) in [6.45, 7) is 2.97. The van der Waals surface area contributed by atoms with Gasteiger partial charge in [-0.3, -0.25) is 0 Å². The molecule has 0 saturated heterocycles. The average molecular weight is 388 g/mol. The summed E-state index contributed by atoms with van der Waals surface area (Å²) in [5, 5.41) is 15.2. The SMILES string of the molecule is CCOc1ccc(S(=O)(=O)NCCNc2ccc(-n3cccn3)nn2)cc1. The van der Waals surface area contributed by atoms with Crippen molar-refractivity contribution in [2.75, 3.05) is 25.0 Å². The highest BCUT2D eigenvalue weighted by molar-refractivity contribution is 7.89. The molecule has 3 aromatic rings. The summed E-state index contributed by atoms with van der Waals surface area (Å²) in [6.07, 6.45) is 3.43. The van der Waals surface area contributed by atoms with Gasteiger partial charge in [0.1, 0.15) is 11.6 Å². The van der Waals surface area contributed by atoms with Crippen LogP contribution in [0.3, 0.4) is 0 Å². The third-order valence-electron chi connectivity index (χ3n) is 3.56. The molecule has 0 fully saturated rings. The predicted molar refractivity (Wildman–Crippen MR) is 100 cm³/mol.